The molecule has 1 aliphatic rings. The zero-order valence-corrected chi connectivity index (χ0v) is 21.2. The van der Waals surface area contributed by atoms with Crippen LogP contribution >= 0.6 is 0 Å². The molecule has 9 heteroatoms. The van der Waals surface area contributed by atoms with Gasteiger partial charge in [0.2, 0.25) is 0 Å². The summed E-state index contributed by atoms with van der Waals surface area (Å²) in [6.45, 7) is 16.0. The highest BCUT2D eigenvalue weighted by Crippen LogP contribution is 2.36. The van der Waals surface area contributed by atoms with Crippen LogP contribution in [-0.2, 0) is 11.5 Å². The standard InChI is InChI=1S/C26H28N6O2Si/c1-27-24-17-30(26(33)32(24)23-16-28-14-19-8-5-6-10-21(19)23)22-11-7-9-20-15-29-31(25(20)22)18-34-12-13-35(2,3)4/h5-11,14-16,24H,12-13,17-18H2,2-4H3. The Balaban J connectivity index is 1.49. The molecule has 0 radical (unpaired) electrons. The molecular weight excluding hydrogens is 456 g/mol. The third-order valence-corrected chi connectivity index (χ3v) is 7.98. The van der Waals surface area contributed by atoms with E-state index < -0.39 is 14.2 Å². The van der Waals surface area contributed by atoms with Crippen molar-refractivity contribution in [3.8, 4) is 0 Å². The van der Waals surface area contributed by atoms with E-state index in [1.165, 1.54) is 0 Å². The van der Waals surface area contributed by atoms with Crippen LogP contribution in [0.4, 0.5) is 16.2 Å². The van der Waals surface area contributed by atoms with Crippen molar-refractivity contribution >= 4 is 47.2 Å². The van der Waals surface area contributed by atoms with Crippen LogP contribution in [0.5, 0.6) is 0 Å². The van der Waals surface area contributed by atoms with Gasteiger partial charge in [0.05, 0.1) is 29.3 Å². The zero-order valence-electron chi connectivity index (χ0n) is 20.2. The molecule has 0 spiro atoms. The van der Waals surface area contributed by atoms with Crippen LogP contribution in [0, 0.1) is 6.57 Å². The highest BCUT2D eigenvalue weighted by molar-refractivity contribution is 6.76. The molecule has 0 N–H and O–H groups in total. The van der Waals surface area contributed by atoms with Gasteiger partial charge in [-0.2, -0.15) is 5.10 Å². The van der Waals surface area contributed by atoms with Crippen molar-refractivity contribution in [2.75, 3.05) is 23.0 Å². The Morgan fingerprint density at radius 2 is 1.86 bits per heavy atom. The van der Waals surface area contributed by atoms with E-state index in [-0.39, 0.29) is 12.6 Å². The quantitative estimate of drug-likeness (QED) is 0.195. The summed E-state index contributed by atoms with van der Waals surface area (Å²) in [6.07, 6.45) is 4.57. The van der Waals surface area contributed by atoms with Gasteiger partial charge in [-0.05, 0) is 12.1 Å². The van der Waals surface area contributed by atoms with Gasteiger partial charge in [-0.3, -0.25) is 14.7 Å². The van der Waals surface area contributed by atoms with Gasteiger partial charge in [0, 0.05) is 37.0 Å². The summed E-state index contributed by atoms with van der Waals surface area (Å²) in [5, 5.41) is 7.27. The Labute approximate surface area is 205 Å². The Morgan fingerprint density at radius 3 is 2.66 bits per heavy atom. The molecule has 3 heterocycles. The van der Waals surface area contributed by atoms with Gasteiger partial charge in [-0.15, -0.1) is 0 Å². The maximum atomic E-state index is 13.8. The number of nitrogens with zero attached hydrogens (tertiary/aromatic N) is 6. The minimum absolute atomic E-state index is 0.246. The summed E-state index contributed by atoms with van der Waals surface area (Å²) in [6, 6.07) is 14.4. The zero-order chi connectivity index (χ0) is 24.6. The first-order valence-electron chi connectivity index (χ1n) is 11.7. The Morgan fingerprint density at radius 1 is 1.06 bits per heavy atom. The van der Waals surface area contributed by atoms with E-state index in [0.29, 0.717) is 19.0 Å². The molecule has 2 amide bonds. The van der Waals surface area contributed by atoms with E-state index in [1.807, 2.05) is 42.5 Å². The number of amides is 2. The molecule has 2 aromatic carbocycles. The molecule has 1 fully saturated rings. The lowest BCUT2D eigenvalue weighted by atomic mass is 10.1. The van der Waals surface area contributed by atoms with Crippen LogP contribution in [0.1, 0.15) is 0 Å². The molecule has 4 aromatic rings. The van der Waals surface area contributed by atoms with Crippen molar-refractivity contribution in [3.63, 3.8) is 0 Å². The molecule has 1 unspecified atom stereocenters. The number of carbonyl (C=O) groups excluding carboxylic acids is 1. The first-order chi connectivity index (χ1) is 16.9. The number of hydrogen-bond donors (Lipinski definition) is 0. The number of pyridine rings is 1. The van der Waals surface area contributed by atoms with Gasteiger partial charge in [0.25, 0.3) is 0 Å². The molecule has 35 heavy (non-hydrogen) atoms. The highest BCUT2D eigenvalue weighted by Gasteiger charge is 2.44. The number of benzene rings is 2. The molecule has 0 bridgehead atoms. The smallest absolute Gasteiger partial charge is 0.335 e. The van der Waals surface area contributed by atoms with Crippen molar-refractivity contribution in [1.29, 1.82) is 0 Å². The number of carbonyl (C=O) groups is 1. The van der Waals surface area contributed by atoms with Crippen LogP contribution in [0.15, 0.2) is 61.1 Å². The van der Waals surface area contributed by atoms with E-state index in [1.54, 1.807) is 33.1 Å². The molecule has 0 aliphatic carbocycles. The third kappa shape index (κ3) is 4.38. The number of rotatable bonds is 7. The third-order valence-electron chi connectivity index (χ3n) is 6.28. The fourth-order valence-corrected chi connectivity index (χ4v) is 5.16. The van der Waals surface area contributed by atoms with Crippen molar-refractivity contribution in [2.24, 2.45) is 0 Å². The number of urea groups is 1. The molecule has 5 rings (SSSR count). The van der Waals surface area contributed by atoms with E-state index in [9.17, 15) is 4.79 Å². The second-order valence-corrected chi connectivity index (χ2v) is 15.6. The fraction of sp³-hybridized carbons (Fsp3) is 0.308. The van der Waals surface area contributed by atoms with Gasteiger partial charge >= 0.3 is 12.2 Å². The van der Waals surface area contributed by atoms with Crippen LogP contribution in [0.2, 0.25) is 25.7 Å². The van der Waals surface area contributed by atoms with Crippen LogP contribution < -0.4 is 9.80 Å². The van der Waals surface area contributed by atoms with Crippen molar-refractivity contribution < 1.29 is 9.53 Å². The number of aromatic nitrogens is 3. The lowest BCUT2D eigenvalue weighted by molar-refractivity contribution is 0.0817. The van der Waals surface area contributed by atoms with E-state index in [2.05, 4.69) is 34.6 Å². The summed E-state index contributed by atoms with van der Waals surface area (Å²) >= 11 is 0. The SMILES string of the molecule is [C-]#[N+]C1CN(c2cccc3cnn(COCC[Si](C)(C)C)c23)C(=O)N1c1cncc2ccccc12. The van der Waals surface area contributed by atoms with Gasteiger partial charge in [0.15, 0.2) is 0 Å². The number of fused-ring (bicyclic) bond motifs is 2. The molecule has 1 atom stereocenters. The lowest BCUT2D eigenvalue weighted by Gasteiger charge is -2.20. The molecule has 0 saturated carbocycles. The molecule has 1 aliphatic heterocycles. The molecule has 178 valence electrons. The largest absolute Gasteiger partial charge is 0.360 e. The number of anilines is 2. The minimum atomic E-state index is -1.19. The fourth-order valence-electron chi connectivity index (χ4n) is 4.41. The predicted octanol–water partition coefficient (Wildman–Crippen LogP) is 5.59. The second-order valence-electron chi connectivity index (χ2n) is 9.96. The summed E-state index contributed by atoms with van der Waals surface area (Å²) in [5.41, 5.74) is 2.20. The Hall–Kier alpha value is -3.74. The van der Waals surface area contributed by atoms with Gasteiger partial charge in [-0.1, -0.05) is 56.0 Å². The highest BCUT2D eigenvalue weighted by atomic mass is 28.3. The van der Waals surface area contributed by atoms with Crippen molar-refractivity contribution in [2.45, 2.75) is 38.6 Å². The van der Waals surface area contributed by atoms with Crippen molar-refractivity contribution in [3.05, 3.63) is 72.5 Å². The lowest BCUT2D eigenvalue weighted by Crippen LogP contribution is -2.34. The van der Waals surface area contributed by atoms with Crippen LogP contribution in [0.25, 0.3) is 26.5 Å². The summed E-state index contributed by atoms with van der Waals surface area (Å²) < 4.78 is 7.75. The normalized spacial score (nSPS) is 16.4. The van der Waals surface area contributed by atoms with Crippen LogP contribution in [-0.4, -0.2) is 48.2 Å². The second kappa shape index (κ2) is 9.13. The van der Waals surface area contributed by atoms with Crippen LogP contribution in [0.3, 0.4) is 0 Å². The number of hydrogen-bond acceptors (Lipinski definition) is 4. The summed E-state index contributed by atoms with van der Waals surface area (Å²) in [7, 11) is -1.19. The minimum Gasteiger partial charge on any atom is -0.360 e. The first-order valence-corrected chi connectivity index (χ1v) is 15.4. The average Bonchev–Trinajstić information content (AvgIpc) is 3.41. The van der Waals surface area contributed by atoms with Gasteiger partial charge in [-0.25, -0.2) is 20.9 Å². The van der Waals surface area contributed by atoms with Gasteiger partial charge in [0.1, 0.15) is 13.3 Å². The van der Waals surface area contributed by atoms with E-state index >= 15 is 0 Å². The van der Waals surface area contributed by atoms with Crippen molar-refractivity contribution in [1.82, 2.24) is 14.8 Å². The maximum absolute atomic E-state index is 13.8. The monoisotopic (exact) mass is 484 g/mol. The molecule has 8 nitrogen and oxygen atoms in total. The predicted molar refractivity (Wildman–Crippen MR) is 141 cm³/mol. The summed E-state index contributed by atoms with van der Waals surface area (Å²) in [4.78, 5) is 25.2. The Bertz CT molecular complexity index is 1430. The number of ether oxygens (including phenoxy) is 1. The van der Waals surface area contributed by atoms with E-state index in [0.717, 1.165) is 33.4 Å². The number of para-hydroxylation sites is 1. The molecule has 2 aromatic heterocycles. The maximum Gasteiger partial charge on any atom is 0.335 e. The topological polar surface area (TPSA) is 67.9 Å². The molecule has 1 saturated heterocycles. The van der Waals surface area contributed by atoms with Gasteiger partial charge < -0.3 is 4.74 Å². The Kier molecular flexibility index (Phi) is 6.01. The van der Waals surface area contributed by atoms with E-state index in [4.69, 9.17) is 11.3 Å². The molecular formula is C26H28N6O2Si. The first kappa shape index (κ1) is 23.0. The summed E-state index contributed by atoms with van der Waals surface area (Å²) in [5.74, 6) is 0. The average molecular weight is 485 g/mol.